The largest absolute Gasteiger partial charge is 0.366 e. The van der Waals surface area contributed by atoms with Crippen LogP contribution < -0.4 is 4.90 Å². The number of anilines is 1. The molecule has 2 rings (SSSR count). The summed E-state index contributed by atoms with van der Waals surface area (Å²) < 4.78 is 13.9. The van der Waals surface area contributed by atoms with E-state index in [9.17, 15) is 4.39 Å². The van der Waals surface area contributed by atoms with E-state index in [0.717, 1.165) is 11.3 Å². The molecule has 0 atom stereocenters. The van der Waals surface area contributed by atoms with E-state index in [1.165, 1.54) is 0 Å². The summed E-state index contributed by atoms with van der Waals surface area (Å²) in [7, 11) is 1.86. The molecule has 0 spiro atoms. The molecule has 2 nitrogen and oxygen atoms in total. The number of alkyl halides is 1. The molecular weight excluding hydrogens is 295 g/mol. The minimum Gasteiger partial charge on any atom is -0.366 e. The standard InChI is InChI=1S/C14H14BrFN2/c1-18(10-12-4-2-3-7-17-12)14-6-5-11(9-15)8-13(14)16/h2-8H,9-10H2,1H3. The third-order valence-corrected chi connectivity index (χ3v) is 3.35. The first-order chi connectivity index (χ1) is 8.70. The van der Waals surface area contributed by atoms with E-state index in [1.807, 2.05) is 36.2 Å². The Morgan fingerprint density at radius 2 is 2.11 bits per heavy atom. The normalized spacial score (nSPS) is 10.4. The van der Waals surface area contributed by atoms with E-state index < -0.39 is 0 Å². The second kappa shape index (κ2) is 5.96. The topological polar surface area (TPSA) is 16.1 Å². The van der Waals surface area contributed by atoms with Crippen molar-refractivity contribution in [1.82, 2.24) is 4.98 Å². The van der Waals surface area contributed by atoms with Crippen LogP contribution in [0.1, 0.15) is 11.3 Å². The van der Waals surface area contributed by atoms with Crippen LogP contribution in [0.2, 0.25) is 0 Å². The first-order valence-corrected chi connectivity index (χ1v) is 6.78. The Hall–Kier alpha value is -1.42. The summed E-state index contributed by atoms with van der Waals surface area (Å²) in [6.45, 7) is 0.589. The molecule has 18 heavy (non-hydrogen) atoms. The number of hydrogen-bond acceptors (Lipinski definition) is 2. The zero-order chi connectivity index (χ0) is 13.0. The Morgan fingerprint density at radius 1 is 1.28 bits per heavy atom. The summed E-state index contributed by atoms with van der Waals surface area (Å²) in [4.78, 5) is 6.09. The molecule has 0 saturated heterocycles. The maximum Gasteiger partial charge on any atom is 0.146 e. The number of halogens is 2. The lowest BCUT2D eigenvalue weighted by molar-refractivity contribution is 0.620. The number of rotatable bonds is 4. The monoisotopic (exact) mass is 308 g/mol. The quantitative estimate of drug-likeness (QED) is 0.800. The number of pyridine rings is 1. The fourth-order valence-corrected chi connectivity index (χ4v) is 2.11. The van der Waals surface area contributed by atoms with Crippen molar-refractivity contribution in [2.45, 2.75) is 11.9 Å². The molecule has 94 valence electrons. The highest BCUT2D eigenvalue weighted by Crippen LogP contribution is 2.21. The van der Waals surface area contributed by atoms with Crippen molar-refractivity contribution in [1.29, 1.82) is 0 Å². The highest BCUT2D eigenvalue weighted by atomic mass is 79.9. The van der Waals surface area contributed by atoms with Crippen molar-refractivity contribution in [3.05, 3.63) is 59.7 Å². The minimum absolute atomic E-state index is 0.203. The molecule has 1 aromatic heterocycles. The van der Waals surface area contributed by atoms with Crippen LogP contribution in [0.25, 0.3) is 0 Å². The van der Waals surface area contributed by atoms with Crippen molar-refractivity contribution in [3.8, 4) is 0 Å². The van der Waals surface area contributed by atoms with Gasteiger partial charge in [-0.05, 0) is 29.8 Å². The van der Waals surface area contributed by atoms with Gasteiger partial charge >= 0.3 is 0 Å². The van der Waals surface area contributed by atoms with E-state index in [-0.39, 0.29) is 5.82 Å². The number of hydrogen-bond donors (Lipinski definition) is 0. The molecule has 0 saturated carbocycles. The first-order valence-electron chi connectivity index (χ1n) is 5.66. The van der Waals surface area contributed by atoms with Gasteiger partial charge in [0.2, 0.25) is 0 Å². The second-order valence-electron chi connectivity index (χ2n) is 4.10. The molecule has 0 aliphatic carbocycles. The van der Waals surface area contributed by atoms with Gasteiger partial charge in [-0.15, -0.1) is 0 Å². The molecule has 0 fully saturated rings. The predicted octanol–water partition coefficient (Wildman–Crippen LogP) is 3.75. The highest BCUT2D eigenvalue weighted by Gasteiger charge is 2.09. The van der Waals surface area contributed by atoms with Crippen molar-refractivity contribution in [2.75, 3.05) is 11.9 Å². The molecule has 0 amide bonds. The van der Waals surface area contributed by atoms with Crippen molar-refractivity contribution in [2.24, 2.45) is 0 Å². The van der Waals surface area contributed by atoms with Gasteiger partial charge in [0.1, 0.15) is 5.82 Å². The Labute approximate surface area is 115 Å². The Balaban J connectivity index is 2.16. The molecule has 4 heteroatoms. The lowest BCUT2D eigenvalue weighted by Crippen LogP contribution is -2.18. The van der Waals surface area contributed by atoms with Gasteiger partial charge in [0.15, 0.2) is 0 Å². The van der Waals surface area contributed by atoms with Crippen LogP contribution in [0, 0.1) is 5.82 Å². The average molecular weight is 309 g/mol. The molecule has 0 bridgehead atoms. The smallest absolute Gasteiger partial charge is 0.146 e. The van der Waals surface area contributed by atoms with Gasteiger partial charge in [-0.25, -0.2) is 4.39 Å². The van der Waals surface area contributed by atoms with Gasteiger partial charge in [0, 0.05) is 18.6 Å². The summed E-state index contributed by atoms with van der Waals surface area (Å²) in [6.07, 6.45) is 1.74. The third kappa shape index (κ3) is 3.07. The van der Waals surface area contributed by atoms with Gasteiger partial charge in [0.05, 0.1) is 17.9 Å². The third-order valence-electron chi connectivity index (χ3n) is 2.70. The molecule has 1 heterocycles. The summed E-state index contributed by atoms with van der Waals surface area (Å²) >= 11 is 3.32. The fraction of sp³-hybridized carbons (Fsp3) is 0.214. The first kappa shape index (κ1) is 13.0. The molecule has 2 aromatic rings. The Kier molecular flexibility index (Phi) is 4.31. The summed E-state index contributed by atoms with van der Waals surface area (Å²) in [5.74, 6) is -0.203. The van der Waals surface area contributed by atoms with Crippen LogP contribution in [-0.2, 0) is 11.9 Å². The summed E-state index contributed by atoms with van der Waals surface area (Å²) in [6, 6.07) is 11.0. The van der Waals surface area contributed by atoms with Crippen molar-refractivity contribution < 1.29 is 4.39 Å². The van der Waals surface area contributed by atoms with E-state index in [0.29, 0.717) is 17.6 Å². The van der Waals surface area contributed by atoms with E-state index in [2.05, 4.69) is 20.9 Å². The van der Waals surface area contributed by atoms with Gasteiger partial charge in [-0.3, -0.25) is 4.98 Å². The highest BCUT2D eigenvalue weighted by molar-refractivity contribution is 9.08. The number of aromatic nitrogens is 1. The molecule has 0 unspecified atom stereocenters. The molecule has 0 aliphatic heterocycles. The van der Waals surface area contributed by atoms with E-state index >= 15 is 0 Å². The Morgan fingerprint density at radius 3 is 2.72 bits per heavy atom. The van der Waals surface area contributed by atoms with Crippen molar-refractivity contribution in [3.63, 3.8) is 0 Å². The summed E-state index contributed by atoms with van der Waals surface area (Å²) in [5, 5.41) is 0.661. The van der Waals surface area contributed by atoms with Crippen LogP contribution in [-0.4, -0.2) is 12.0 Å². The second-order valence-corrected chi connectivity index (χ2v) is 4.66. The van der Waals surface area contributed by atoms with Crippen molar-refractivity contribution >= 4 is 21.6 Å². The Bertz CT molecular complexity index is 516. The predicted molar refractivity (Wildman–Crippen MR) is 75.4 cm³/mol. The molecule has 0 radical (unpaired) electrons. The molecule has 0 N–H and O–H groups in total. The molecule has 0 aliphatic rings. The van der Waals surface area contributed by atoms with Crippen LogP contribution >= 0.6 is 15.9 Å². The van der Waals surface area contributed by atoms with Crippen LogP contribution in [0.5, 0.6) is 0 Å². The van der Waals surface area contributed by atoms with Gasteiger partial charge in [0.25, 0.3) is 0 Å². The maximum atomic E-state index is 13.9. The SMILES string of the molecule is CN(Cc1ccccn1)c1ccc(CBr)cc1F. The van der Waals surface area contributed by atoms with Gasteiger partial charge in [-0.2, -0.15) is 0 Å². The average Bonchev–Trinajstić information content (AvgIpc) is 2.39. The van der Waals surface area contributed by atoms with E-state index in [1.54, 1.807) is 18.3 Å². The van der Waals surface area contributed by atoms with Gasteiger partial charge < -0.3 is 4.90 Å². The fourth-order valence-electron chi connectivity index (χ4n) is 1.76. The molecular formula is C14H14BrFN2. The zero-order valence-corrected chi connectivity index (χ0v) is 11.7. The zero-order valence-electron chi connectivity index (χ0n) is 10.1. The molecule has 1 aromatic carbocycles. The number of benzene rings is 1. The van der Waals surface area contributed by atoms with Crippen LogP contribution in [0.15, 0.2) is 42.6 Å². The maximum absolute atomic E-state index is 13.9. The number of nitrogens with zero attached hydrogens (tertiary/aromatic N) is 2. The van der Waals surface area contributed by atoms with Gasteiger partial charge in [-0.1, -0.05) is 28.1 Å². The minimum atomic E-state index is -0.203. The summed E-state index contributed by atoms with van der Waals surface area (Å²) in [5.41, 5.74) is 2.44. The van der Waals surface area contributed by atoms with Crippen LogP contribution in [0.4, 0.5) is 10.1 Å². The van der Waals surface area contributed by atoms with E-state index in [4.69, 9.17) is 0 Å². The van der Waals surface area contributed by atoms with Crippen LogP contribution in [0.3, 0.4) is 0 Å². The lowest BCUT2D eigenvalue weighted by atomic mass is 10.2. The lowest BCUT2D eigenvalue weighted by Gasteiger charge is -2.19.